The maximum absolute atomic E-state index is 12.6. The lowest BCUT2D eigenvalue weighted by atomic mass is 10.0. The Balaban J connectivity index is 1.55. The molecule has 0 unspecified atom stereocenters. The number of carbonyl (C=O) groups excluding carboxylic acids is 1. The lowest BCUT2D eigenvalue weighted by molar-refractivity contribution is 0.0385. The third-order valence-electron chi connectivity index (χ3n) is 4.82. The largest absolute Gasteiger partial charge is 0.496 e. The molecule has 3 rings (SSSR count). The van der Waals surface area contributed by atoms with Crippen molar-refractivity contribution in [2.24, 2.45) is 0 Å². The molecule has 1 atom stereocenters. The van der Waals surface area contributed by atoms with Crippen molar-refractivity contribution in [1.29, 1.82) is 0 Å². The number of hydrogen-bond donors (Lipinski definition) is 1. The van der Waals surface area contributed by atoms with E-state index in [0.29, 0.717) is 6.54 Å². The summed E-state index contributed by atoms with van der Waals surface area (Å²) < 4.78 is 10.8. The molecule has 132 valence electrons. The standard InChI is InChI=1S/C18H27N3O3/c1-23-17-7-3-2-5-15(17)16-6-4-9-21(16)18(22)19-8-10-20-11-13-24-14-12-20/h2-3,5,7,16H,4,6,8-14H2,1H3,(H,19,22)/t16-/m1/s1. The van der Waals surface area contributed by atoms with Crippen molar-refractivity contribution in [3.63, 3.8) is 0 Å². The Labute approximate surface area is 143 Å². The Morgan fingerprint density at radius 3 is 2.88 bits per heavy atom. The number of nitrogens with one attached hydrogen (secondary N) is 1. The number of methoxy groups -OCH3 is 1. The van der Waals surface area contributed by atoms with Crippen LogP contribution in [0, 0.1) is 0 Å². The predicted molar refractivity (Wildman–Crippen MR) is 92.3 cm³/mol. The summed E-state index contributed by atoms with van der Waals surface area (Å²) in [5.41, 5.74) is 1.10. The van der Waals surface area contributed by atoms with Crippen LogP contribution in [0.4, 0.5) is 4.79 Å². The second kappa shape index (κ2) is 8.35. The molecule has 0 saturated carbocycles. The van der Waals surface area contributed by atoms with Crippen LogP contribution >= 0.6 is 0 Å². The van der Waals surface area contributed by atoms with Gasteiger partial charge in [0.2, 0.25) is 0 Å². The maximum Gasteiger partial charge on any atom is 0.317 e. The van der Waals surface area contributed by atoms with E-state index in [1.54, 1.807) is 7.11 Å². The van der Waals surface area contributed by atoms with Gasteiger partial charge in [0.1, 0.15) is 5.75 Å². The van der Waals surface area contributed by atoms with Gasteiger partial charge in [-0.15, -0.1) is 0 Å². The third kappa shape index (κ3) is 3.99. The van der Waals surface area contributed by atoms with Crippen molar-refractivity contribution < 1.29 is 14.3 Å². The fourth-order valence-corrected chi connectivity index (χ4v) is 3.52. The summed E-state index contributed by atoms with van der Waals surface area (Å²) in [7, 11) is 1.68. The normalized spacial score (nSPS) is 21.7. The average molecular weight is 333 g/mol. The number of morpholine rings is 1. The molecule has 2 saturated heterocycles. The molecule has 0 radical (unpaired) electrons. The number of nitrogens with zero attached hydrogens (tertiary/aromatic N) is 2. The van der Waals surface area contributed by atoms with Gasteiger partial charge in [-0.3, -0.25) is 4.90 Å². The van der Waals surface area contributed by atoms with Gasteiger partial charge in [-0.2, -0.15) is 0 Å². The molecule has 0 spiro atoms. The minimum Gasteiger partial charge on any atom is -0.496 e. The zero-order valence-electron chi connectivity index (χ0n) is 14.4. The Morgan fingerprint density at radius 1 is 1.29 bits per heavy atom. The number of hydrogen-bond acceptors (Lipinski definition) is 4. The van der Waals surface area contributed by atoms with E-state index in [0.717, 1.165) is 63.5 Å². The molecule has 6 nitrogen and oxygen atoms in total. The van der Waals surface area contributed by atoms with E-state index in [-0.39, 0.29) is 12.1 Å². The van der Waals surface area contributed by atoms with Gasteiger partial charge in [0.05, 0.1) is 26.4 Å². The fourth-order valence-electron chi connectivity index (χ4n) is 3.52. The van der Waals surface area contributed by atoms with Gasteiger partial charge in [0.15, 0.2) is 0 Å². The Morgan fingerprint density at radius 2 is 2.08 bits per heavy atom. The Hall–Kier alpha value is -1.79. The molecule has 24 heavy (non-hydrogen) atoms. The van der Waals surface area contributed by atoms with E-state index in [9.17, 15) is 4.79 Å². The summed E-state index contributed by atoms with van der Waals surface area (Å²) in [4.78, 5) is 16.9. The van der Waals surface area contributed by atoms with E-state index in [1.807, 2.05) is 23.1 Å². The van der Waals surface area contributed by atoms with Crippen molar-refractivity contribution in [2.45, 2.75) is 18.9 Å². The molecule has 0 aliphatic carbocycles. The van der Waals surface area contributed by atoms with E-state index in [1.165, 1.54) is 0 Å². The fraction of sp³-hybridized carbons (Fsp3) is 0.611. The van der Waals surface area contributed by atoms with Crippen LogP contribution in [0.3, 0.4) is 0 Å². The van der Waals surface area contributed by atoms with Crippen LogP contribution in [0.15, 0.2) is 24.3 Å². The van der Waals surface area contributed by atoms with E-state index in [2.05, 4.69) is 16.3 Å². The van der Waals surface area contributed by atoms with Crippen LogP contribution in [0.2, 0.25) is 0 Å². The quantitative estimate of drug-likeness (QED) is 0.894. The summed E-state index contributed by atoms with van der Waals surface area (Å²) in [5, 5.41) is 3.07. The lowest BCUT2D eigenvalue weighted by Crippen LogP contribution is -2.45. The molecular formula is C18H27N3O3. The van der Waals surface area contributed by atoms with Gasteiger partial charge in [-0.05, 0) is 18.9 Å². The molecule has 2 aliphatic rings. The topological polar surface area (TPSA) is 54.0 Å². The molecule has 1 N–H and O–H groups in total. The number of para-hydroxylation sites is 1. The smallest absolute Gasteiger partial charge is 0.317 e. The second-order valence-corrected chi connectivity index (χ2v) is 6.28. The monoisotopic (exact) mass is 333 g/mol. The van der Waals surface area contributed by atoms with Crippen LogP contribution in [0.1, 0.15) is 24.4 Å². The Kier molecular flexibility index (Phi) is 5.93. The first-order chi connectivity index (χ1) is 11.8. The van der Waals surface area contributed by atoms with Crippen molar-refractivity contribution in [1.82, 2.24) is 15.1 Å². The van der Waals surface area contributed by atoms with Crippen molar-refractivity contribution in [2.75, 3.05) is 53.0 Å². The summed E-state index contributed by atoms with van der Waals surface area (Å²) in [6.45, 7) is 5.82. The minimum absolute atomic E-state index is 0.0247. The number of amides is 2. The van der Waals surface area contributed by atoms with Crippen molar-refractivity contribution >= 4 is 6.03 Å². The minimum atomic E-state index is 0.0247. The van der Waals surface area contributed by atoms with E-state index in [4.69, 9.17) is 9.47 Å². The van der Waals surface area contributed by atoms with Crippen LogP contribution in [-0.2, 0) is 4.74 Å². The molecule has 6 heteroatoms. The highest BCUT2D eigenvalue weighted by molar-refractivity contribution is 5.75. The van der Waals surface area contributed by atoms with E-state index < -0.39 is 0 Å². The van der Waals surface area contributed by atoms with Crippen molar-refractivity contribution in [3.05, 3.63) is 29.8 Å². The summed E-state index contributed by atoms with van der Waals surface area (Å²) >= 11 is 0. The molecular weight excluding hydrogens is 306 g/mol. The summed E-state index contributed by atoms with van der Waals surface area (Å²) in [6, 6.07) is 8.11. The Bertz CT molecular complexity index is 546. The number of ether oxygens (including phenoxy) is 2. The first kappa shape index (κ1) is 17.0. The maximum atomic E-state index is 12.6. The van der Waals surface area contributed by atoms with Crippen LogP contribution in [0.5, 0.6) is 5.75 Å². The highest BCUT2D eigenvalue weighted by Gasteiger charge is 2.31. The summed E-state index contributed by atoms with van der Waals surface area (Å²) in [6.07, 6.45) is 2.01. The predicted octanol–water partition coefficient (Wildman–Crippen LogP) is 1.87. The average Bonchev–Trinajstić information content (AvgIpc) is 3.12. The molecule has 1 aromatic carbocycles. The van der Waals surface area contributed by atoms with Gasteiger partial charge in [-0.25, -0.2) is 4.79 Å². The molecule has 2 fully saturated rings. The first-order valence-electron chi connectivity index (χ1n) is 8.77. The van der Waals surface area contributed by atoms with E-state index >= 15 is 0 Å². The number of rotatable bonds is 5. The zero-order valence-corrected chi connectivity index (χ0v) is 14.4. The third-order valence-corrected chi connectivity index (χ3v) is 4.82. The first-order valence-corrected chi connectivity index (χ1v) is 8.77. The highest BCUT2D eigenvalue weighted by Crippen LogP contribution is 2.36. The van der Waals surface area contributed by atoms with Gasteiger partial charge >= 0.3 is 6.03 Å². The van der Waals surface area contributed by atoms with Gasteiger partial charge in [-0.1, -0.05) is 18.2 Å². The lowest BCUT2D eigenvalue weighted by Gasteiger charge is -2.29. The van der Waals surface area contributed by atoms with Crippen LogP contribution in [0.25, 0.3) is 0 Å². The molecule has 2 amide bonds. The molecule has 1 aromatic rings. The number of urea groups is 1. The number of benzene rings is 1. The zero-order chi connectivity index (χ0) is 16.8. The molecule has 0 aromatic heterocycles. The molecule has 0 bridgehead atoms. The molecule has 2 heterocycles. The number of carbonyl (C=O) groups is 1. The van der Waals surface area contributed by atoms with Crippen LogP contribution in [-0.4, -0.2) is 68.9 Å². The van der Waals surface area contributed by atoms with Gasteiger partial charge in [0, 0.05) is 38.3 Å². The second-order valence-electron chi connectivity index (χ2n) is 6.28. The highest BCUT2D eigenvalue weighted by atomic mass is 16.5. The number of likely N-dealkylation sites (tertiary alicyclic amines) is 1. The SMILES string of the molecule is COc1ccccc1[C@H]1CCCN1C(=O)NCCN1CCOCC1. The van der Waals surface area contributed by atoms with Crippen molar-refractivity contribution in [3.8, 4) is 5.75 Å². The van der Waals surface area contributed by atoms with Gasteiger partial charge < -0.3 is 19.7 Å². The molecule has 2 aliphatic heterocycles. The summed E-state index contributed by atoms with van der Waals surface area (Å²) in [5.74, 6) is 0.857. The van der Waals surface area contributed by atoms with Gasteiger partial charge in [0.25, 0.3) is 0 Å². The van der Waals surface area contributed by atoms with Crippen LogP contribution < -0.4 is 10.1 Å².